The van der Waals surface area contributed by atoms with Crippen LogP contribution >= 0.6 is 11.3 Å². The fraction of sp³-hybridized carbons (Fsp3) is 0.360. The molecular formula is C25H27N3O2S. The van der Waals surface area contributed by atoms with Gasteiger partial charge in [0.1, 0.15) is 5.75 Å². The van der Waals surface area contributed by atoms with Crippen molar-refractivity contribution in [2.24, 2.45) is 11.8 Å². The minimum Gasteiger partial charge on any atom is -0.497 e. The second-order valence-corrected chi connectivity index (χ2v) is 9.65. The highest BCUT2D eigenvalue weighted by Crippen LogP contribution is 2.32. The van der Waals surface area contributed by atoms with Crippen LogP contribution in [-0.2, 0) is 0 Å². The lowest BCUT2D eigenvalue weighted by molar-refractivity contribution is 0.0891. The summed E-state index contributed by atoms with van der Waals surface area (Å²) in [5, 5.41) is 3.28. The second kappa shape index (κ2) is 8.00. The average molecular weight is 434 g/mol. The van der Waals surface area contributed by atoms with Crippen molar-refractivity contribution < 1.29 is 9.53 Å². The average Bonchev–Trinajstić information content (AvgIpc) is 3.34. The number of aromatic nitrogens is 2. The number of nitrogens with zero attached hydrogens (tertiary/aromatic N) is 2. The summed E-state index contributed by atoms with van der Waals surface area (Å²) in [4.78, 5) is 18.6. The number of imidazole rings is 1. The van der Waals surface area contributed by atoms with E-state index < -0.39 is 0 Å². The number of fused-ring (bicyclic) bond motifs is 3. The summed E-state index contributed by atoms with van der Waals surface area (Å²) in [5.74, 6) is 2.03. The van der Waals surface area contributed by atoms with Crippen LogP contribution in [0.4, 0.5) is 0 Å². The molecule has 0 saturated heterocycles. The second-order valence-electron chi connectivity index (χ2n) is 8.64. The SMILES string of the molecule is COc1ccc(-c2cn3c(n2)sc2cc(C(=O)N[C@@H]4CCC[C@@H](C)[C@@H]4C)ccc23)cc1. The summed E-state index contributed by atoms with van der Waals surface area (Å²) < 4.78 is 8.41. The molecule has 2 heterocycles. The predicted molar refractivity (Wildman–Crippen MR) is 126 cm³/mol. The van der Waals surface area contributed by atoms with Gasteiger partial charge in [0.05, 0.1) is 23.0 Å². The maximum absolute atomic E-state index is 12.9. The first-order valence-corrected chi connectivity index (χ1v) is 11.7. The van der Waals surface area contributed by atoms with Gasteiger partial charge in [-0.05, 0) is 60.7 Å². The van der Waals surface area contributed by atoms with Gasteiger partial charge in [0.15, 0.2) is 4.96 Å². The zero-order valence-corrected chi connectivity index (χ0v) is 18.9. The molecule has 1 aliphatic carbocycles. The number of rotatable bonds is 4. The van der Waals surface area contributed by atoms with E-state index in [9.17, 15) is 4.79 Å². The van der Waals surface area contributed by atoms with Crippen molar-refractivity contribution in [2.75, 3.05) is 7.11 Å². The summed E-state index contributed by atoms with van der Waals surface area (Å²) in [5.41, 5.74) is 3.77. The number of amides is 1. The lowest BCUT2D eigenvalue weighted by Crippen LogP contribution is -2.43. The number of hydrogen-bond acceptors (Lipinski definition) is 4. The number of thiazole rings is 1. The molecule has 0 radical (unpaired) electrons. The van der Waals surface area contributed by atoms with Gasteiger partial charge in [0.25, 0.3) is 5.91 Å². The van der Waals surface area contributed by atoms with E-state index in [0.29, 0.717) is 11.8 Å². The Hall–Kier alpha value is -2.86. The number of carbonyl (C=O) groups is 1. The molecule has 6 heteroatoms. The fourth-order valence-corrected chi connectivity index (χ4v) is 5.63. The molecule has 0 spiro atoms. The first kappa shape index (κ1) is 20.1. The third-order valence-electron chi connectivity index (χ3n) is 6.77. The van der Waals surface area contributed by atoms with Crippen molar-refractivity contribution in [3.8, 4) is 17.0 Å². The van der Waals surface area contributed by atoms with Crippen molar-refractivity contribution in [3.63, 3.8) is 0 Å². The van der Waals surface area contributed by atoms with E-state index >= 15 is 0 Å². The van der Waals surface area contributed by atoms with E-state index in [-0.39, 0.29) is 11.9 Å². The van der Waals surface area contributed by atoms with E-state index in [1.165, 1.54) is 12.8 Å². The van der Waals surface area contributed by atoms with Crippen LogP contribution in [0.5, 0.6) is 5.75 Å². The zero-order valence-electron chi connectivity index (χ0n) is 18.1. The van der Waals surface area contributed by atoms with Gasteiger partial charge in [0.2, 0.25) is 0 Å². The molecule has 1 aliphatic rings. The number of benzene rings is 2. The van der Waals surface area contributed by atoms with Gasteiger partial charge >= 0.3 is 0 Å². The molecule has 5 nitrogen and oxygen atoms in total. The number of hydrogen-bond donors (Lipinski definition) is 1. The zero-order chi connectivity index (χ0) is 21.5. The molecule has 31 heavy (non-hydrogen) atoms. The Bertz CT molecular complexity index is 1240. The molecule has 2 aromatic carbocycles. The van der Waals surface area contributed by atoms with Gasteiger partial charge in [-0.1, -0.05) is 38.0 Å². The Balaban J connectivity index is 1.40. The Kier molecular flexibility index (Phi) is 5.18. The highest BCUT2D eigenvalue weighted by Gasteiger charge is 2.28. The third-order valence-corrected chi connectivity index (χ3v) is 7.78. The van der Waals surface area contributed by atoms with Crippen LogP contribution in [0.25, 0.3) is 26.4 Å². The van der Waals surface area contributed by atoms with E-state index in [1.807, 2.05) is 42.5 Å². The van der Waals surface area contributed by atoms with Crippen LogP contribution in [0.3, 0.4) is 0 Å². The minimum atomic E-state index is 0.0258. The molecule has 0 unspecified atom stereocenters. The highest BCUT2D eigenvalue weighted by atomic mass is 32.1. The van der Waals surface area contributed by atoms with Crippen LogP contribution in [0.2, 0.25) is 0 Å². The summed E-state index contributed by atoms with van der Waals surface area (Å²) in [7, 11) is 1.67. The maximum Gasteiger partial charge on any atom is 0.251 e. The minimum absolute atomic E-state index is 0.0258. The summed E-state index contributed by atoms with van der Waals surface area (Å²) >= 11 is 1.61. The highest BCUT2D eigenvalue weighted by molar-refractivity contribution is 7.23. The molecule has 1 fully saturated rings. The lowest BCUT2D eigenvalue weighted by atomic mass is 9.78. The monoisotopic (exact) mass is 433 g/mol. The van der Waals surface area contributed by atoms with Crippen LogP contribution in [0.15, 0.2) is 48.7 Å². The van der Waals surface area contributed by atoms with E-state index in [4.69, 9.17) is 9.72 Å². The Labute approximate surface area is 186 Å². The maximum atomic E-state index is 12.9. The molecule has 1 N–H and O–H groups in total. The molecule has 0 bridgehead atoms. The number of carbonyl (C=O) groups excluding carboxylic acids is 1. The molecular weight excluding hydrogens is 406 g/mol. The van der Waals surface area contributed by atoms with Crippen molar-refractivity contribution >= 4 is 32.4 Å². The molecule has 160 valence electrons. The van der Waals surface area contributed by atoms with Crippen LogP contribution in [0, 0.1) is 11.8 Å². The summed E-state index contributed by atoms with van der Waals surface area (Å²) in [6, 6.07) is 14.1. The summed E-state index contributed by atoms with van der Waals surface area (Å²) in [6.45, 7) is 4.54. The molecule has 3 atom stereocenters. The Morgan fingerprint density at radius 1 is 1.16 bits per heavy atom. The summed E-state index contributed by atoms with van der Waals surface area (Å²) in [6.07, 6.45) is 5.57. The van der Waals surface area contributed by atoms with Crippen LogP contribution in [0.1, 0.15) is 43.5 Å². The van der Waals surface area contributed by atoms with Crippen LogP contribution in [-0.4, -0.2) is 28.4 Å². The predicted octanol–water partition coefficient (Wildman–Crippen LogP) is 5.78. The van der Waals surface area contributed by atoms with E-state index in [2.05, 4.69) is 29.8 Å². The van der Waals surface area contributed by atoms with Gasteiger partial charge < -0.3 is 10.1 Å². The number of methoxy groups -OCH3 is 1. The number of nitrogens with one attached hydrogen (secondary N) is 1. The number of ether oxygens (including phenoxy) is 1. The molecule has 4 aromatic rings. The molecule has 2 aromatic heterocycles. The Morgan fingerprint density at radius 3 is 2.74 bits per heavy atom. The largest absolute Gasteiger partial charge is 0.497 e. The topological polar surface area (TPSA) is 55.6 Å². The van der Waals surface area contributed by atoms with Crippen molar-refractivity contribution in [1.82, 2.24) is 14.7 Å². The smallest absolute Gasteiger partial charge is 0.251 e. The van der Waals surface area contributed by atoms with Gasteiger partial charge in [-0.25, -0.2) is 4.98 Å². The van der Waals surface area contributed by atoms with Crippen molar-refractivity contribution in [1.29, 1.82) is 0 Å². The standard InChI is InChI=1S/C25H27N3O2S/c1-15-5-4-6-20(16(15)2)26-24(29)18-9-12-22-23(13-18)31-25-27-21(14-28(22)25)17-7-10-19(30-3)11-8-17/h7-16,20H,4-6H2,1-3H3,(H,26,29)/t15-,16+,20-/m1/s1. The molecule has 0 aliphatic heterocycles. The Morgan fingerprint density at radius 2 is 1.97 bits per heavy atom. The van der Waals surface area contributed by atoms with E-state index in [1.54, 1.807) is 18.4 Å². The van der Waals surface area contributed by atoms with Gasteiger partial charge in [-0.15, -0.1) is 0 Å². The van der Waals surface area contributed by atoms with Crippen molar-refractivity contribution in [2.45, 2.75) is 39.2 Å². The molecule has 1 amide bonds. The van der Waals surface area contributed by atoms with Gasteiger partial charge in [-0.2, -0.15) is 0 Å². The third kappa shape index (κ3) is 3.69. The normalized spacial score (nSPS) is 21.5. The van der Waals surface area contributed by atoms with Gasteiger partial charge in [-0.3, -0.25) is 9.20 Å². The fourth-order valence-electron chi connectivity index (χ4n) is 4.58. The molecule has 1 saturated carbocycles. The lowest BCUT2D eigenvalue weighted by Gasteiger charge is -2.34. The molecule has 5 rings (SSSR count). The first-order chi connectivity index (χ1) is 15.0. The van der Waals surface area contributed by atoms with E-state index in [0.717, 1.165) is 44.2 Å². The quantitative estimate of drug-likeness (QED) is 0.444. The van der Waals surface area contributed by atoms with Crippen molar-refractivity contribution in [3.05, 3.63) is 54.2 Å². The first-order valence-electron chi connectivity index (χ1n) is 10.9. The van der Waals surface area contributed by atoms with Crippen LogP contribution < -0.4 is 10.1 Å². The van der Waals surface area contributed by atoms with Gasteiger partial charge in [0, 0.05) is 23.4 Å².